The number of hydrogen-bond acceptors (Lipinski definition) is 5. The average molecular weight is 273 g/mol. The van der Waals surface area contributed by atoms with E-state index in [4.69, 9.17) is 4.74 Å². The second-order valence-corrected chi connectivity index (χ2v) is 5.04. The minimum atomic E-state index is 0.127. The summed E-state index contributed by atoms with van der Waals surface area (Å²) in [5.41, 5.74) is 0.907. The summed E-state index contributed by atoms with van der Waals surface area (Å²) in [6.07, 6.45) is 4.73. The number of para-hydroxylation sites is 1. The molecule has 2 aromatic rings. The smallest absolute Gasteiger partial charge is 0.340 e. The Morgan fingerprint density at radius 3 is 2.80 bits per heavy atom. The van der Waals surface area contributed by atoms with Gasteiger partial charge >= 0.3 is 6.01 Å². The van der Waals surface area contributed by atoms with Crippen molar-refractivity contribution in [3.63, 3.8) is 0 Å². The fourth-order valence-electron chi connectivity index (χ4n) is 2.69. The van der Waals surface area contributed by atoms with Crippen molar-refractivity contribution in [3.05, 3.63) is 30.3 Å². The molecule has 2 unspecified atom stereocenters. The largest absolute Gasteiger partial charge is 0.457 e. The summed E-state index contributed by atoms with van der Waals surface area (Å²) in [4.78, 5) is 0. The quantitative estimate of drug-likeness (QED) is 0.916. The molecule has 6 nitrogen and oxygen atoms in total. The second kappa shape index (κ2) is 6.00. The number of nitrogens with one attached hydrogen (secondary N) is 1. The van der Waals surface area contributed by atoms with Gasteiger partial charge in [-0.25, -0.2) is 0 Å². The first kappa shape index (κ1) is 13.1. The van der Waals surface area contributed by atoms with E-state index in [1.807, 2.05) is 37.4 Å². The molecule has 1 aromatic carbocycles. The molecule has 1 aromatic heterocycles. The van der Waals surface area contributed by atoms with Crippen LogP contribution in [0.4, 0.5) is 0 Å². The van der Waals surface area contributed by atoms with E-state index in [1.165, 1.54) is 12.8 Å². The molecule has 1 saturated carbocycles. The number of hydrogen-bond donors (Lipinski definition) is 1. The van der Waals surface area contributed by atoms with Gasteiger partial charge in [0.1, 0.15) is 6.10 Å². The first-order valence-corrected chi connectivity index (χ1v) is 7.06. The van der Waals surface area contributed by atoms with Gasteiger partial charge in [-0.2, -0.15) is 4.68 Å². The lowest BCUT2D eigenvalue weighted by molar-refractivity contribution is 0.104. The van der Waals surface area contributed by atoms with Crippen molar-refractivity contribution in [2.24, 2.45) is 0 Å². The SMILES string of the molecule is CNC1CCCCC1Oc1nnnn1-c1ccccc1. The summed E-state index contributed by atoms with van der Waals surface area (Å²) in [6.45, 7) is 0. The third-order valence-electron chi connectivity index (χ3n) is 3.77. The fourth-order valence-corrected chi connectivity index (χ4v) is 2.69. The number of aromatic nitrogens is 4. The molecule has 106 valence electrons. The van der Waals surface area contributed by atoms with Gasteiger partial charge in [0.15, 0.2) is 0 Å². The molecule has 0 saturated heterocycles. The first-order valence-electron chi connectivity index (χ1n) is 7.06. The van der Waals surface area contributed by atoms with Crippen LogP contribution in [0.25, 0.3) is 5.69 Å². The molecule has 0 amide bonds. The molecule has 6 heteroatoms. The van der Waals surface area contributed by atoms with Gasteiger partial charge in [0.2, 0.25) is 0 Å². The highest BCUT2D eigenvalue weighted by molar-refractivity contribution is 5.31. The topological polar surface area (TPSA) is 64.9 Å². The van der Waals surface area contributed by atoms with E-state index in [9.17, 15) is 0 Å². The molecule has 3 rings (SSSR count). The minimum absolute atomic E-state index is 0.127. The third-order valence-corrected chi connectivity index (χ3v) is 3.77. The van der Waals surface area contributed by atoms with Crippen LogP contribution in [0.15, 0.2) is 30.3 Å². The lowest BCUT2D eigenvalue weighted by Gasteiger charge is -2.30. The highest BCUT2D eigenvalue weighted by atomic mass is 16.5. The van der Waals surface area contributed by atoms with Crippen molar-refractivity contribution in [2.75, 3.05) is 7.05 Å². The summed E-state index contributed by atoms with van der Waals surface area (Å²) >= 11 is 0. The number of nitrogens with zero attached hydrogens (tertiary/aromatic N) is 4. The van der Waals surface area contributed by atoms with Gasteiger partial charge in [-0.15, -0.1) is 0 Å². The van der Waals surface area contributed by atoms with E-state index in [-0.39, 0.29) is 6.10 Å². The van der Waals surface area contributed by atoms with Crippen LogP contribution >= 0.6 is 0 Å². The van der Waals surface area contributed by atoms with Crippen molar-refractivity contribution in [2.45, 2.75) is 37.8 Å². The van der Waals surface area contributed by atoms with Crippen molar-refractivity contribution < 1.29 is 4.74 Å². The molecule has 1 fully saturated rings. The molecule has 2 atom stereocenters. The Labute approximate surface area is 118 Å². The Hall–Kier alpha value is -1.95. The monoisotopic (exact) mass is 273 g/mol. The highest BCUT2D eigenvalue weighted by Crippen LogP contribution is 2.23. The van der Waals surface area contributed by atoms with Crippen LogP contribution in [0.3, 0.4) is 0 Å². The Bertz CT molecular complexity index is 542. The van der Waals surface area contributed by atoms with Crippen LogP contribution in [0.1, 0.15) is 25.7 Å². The predicted molar refractivity (Wildman–Crippen MR) is 74.9 cm³/mol. The fraction of sp³-hybridized carbons (Fsp3) is 0.500. The molecule has 1 aliphatic rings. The Morgan fingerprint density at radius 2 is 2.00 bits per heavy atom. The lowest BCUT2D eigenvalue weighted by atomic mass is 9.92. The van der Waals surface area contributed by atoms with E-state index in [0.717, 1.165) is 18.5 Å². The van der Waals surface area contributed by atoms with Crippen LogP contribution in [-0.4, -0.2) is 39.4 Å². The zero-order valence-electron chi connectivity index (χ0n) is 11.6. The molecule has 0 spiro atoms. The number of likely N-dealkylation sites (N-methyl/N-ethyl adjacent to an activating group) is 1. The second-order valence-electron chi connectivity index (χ2n) is 5.04. The molecule has 20 heavy (non-hydrogen) atoms. The van der Waals surface area contributed by atoms with Crippen LogP contribution in [0.5, 0.6) is 6.01 Å². The first-order chi connectivity index (χ1) is 9.88. The molecule has 0 bridgehead atoms. The number of ether oxygens (including phenoxy) is 1. The zero-order valence-corrected chi connectivity index (χ0v) is 11.6. The zero-order chi connectivity index (χ0) is 13.8. The van der Waals surface area contributed by atoms with Gasteiger partial charge < -0.3 is 10.1 Å². The molecule has 0 aliphatic heterocycles. The van der Waals surface area contributed by atoms with E-state index >= 15 is 0 Å². The van der Waals surface area contributed by atoms with Crippen LogP contribution in [0, 0.1) is 0 Å². The summed E-state index contributed by atoms with van der Waals surface area (Å²) in [6, 6.07) is 10.6. The van der Waals surface area contributed by atoms with Crippen molar-refractivity contribution >= 4 is 0 Å². The highest BCUT2D eigenvalue weighted by Gasteiger charge is 2.27. The third kappa shape index (κ3) is 2.65. The van der Waals surface area contributed by atoms with E-state index in [2.05, 4.69) is 20.8 Å². The Balaban J connectivity index is 1.80. The number of benzene rings is 1. The molecular weight excluding hydrogens is 254 g/mol. The maximum Gasteiger partial charge on any atom is 0.340 e. The lowest BCUT2D eigenvalue weighted by Crippen LogP contribution is -2.43. The standard InChI is InChI=1S/C14H19N5O/c1-15-12-9-5-6-10-13(12)20-14-16-17-18-19(14)11-7-3-2-4-8-11/h2-4,7-8,12-13,15H,5-6,9-10H2,1H3. The minimum Gasteiger partial charge on any atom is -0.457 e. The van der Waals surface area contributed by atoms with Crippen molar-refractivity contribution in [1.82, 2.24) is 25.5 Å². The molecule has 1 N–H and O–H groups in total. The molecule has 1 heterocycles. The van der Waals surface area contributed by atoms with Gasteiger partial charge in [-0.3, -0.25) is 0 Å². The average Bonchev–Trinajstić information content (AvgIpc) is 2.97. The Kier molecular flexibility index (Phi) is 3.92. The van der Waals surface area contributed by atoms with Gasteiger partial charge in [0.05, 0.1) is 5.69 Å². The molecular formula is C14H19N5O. The van der Waals surface area contributed by atoms with Crippen molar-refractivity contribution in [1.29, 1.82) is 0 Å². The number of tetrazole rings is 1. The van der Waals surface area contributed by atoms with Gasteiger partial charge in [0, 0.05) is 6.04 Å². The van der Waals surface area contributed by atoms with Gasteiger partial charge in [-0.05, 0) is 48.9 Å². The maximum atomic E-state index is 6.05. The summed E-state index contributed by atoms with van der Waals surface area (Å²) in [7, 11) is 1.98. The van der Waals surface area contributed by atoms with Gasteiger partial charge in [-0.1, -0.05) is 29.7 Å². The Morgan fingerprint density at radius 1 is 1.20 bits per heavy atom. The van der Waals surface area contributed by atoms with Crippen LogP contribution in [-0.2, 0) is 0 Å². The van der Waals surface area contributed by atoms with E-state index in [0.29, 0.717) is 12.1 Å². The number of rotatable bonds is 4. The predicted octanol–water partition coefficient (Wildman–Crippen LogP) is 1.57. The van der Waals surface area contributed by atoms with Crippen LogP contribution in [0.2, 0.25) is 0 Å². The van der Waals surface area contributed by atoms with Gasteiger partial charge in [0.25, 0.3) is 0 Å². The summed E-state index contributed by atoms with van der Waals surface area (Å²) in [5, 5.41) is 15.1. The van der Waals surface area contributed by atoms with Crippen molar-refractivity contribution in [3.8, 4) is 11.7 Å². The van der Waals surface area contributed by atoms with E-state index < -0.39 is 0 Å². The maximum absolute atomic E-state index is 6.05. The van der Waals surface area contributed by atoms with Crippen LogP contribution < -0.4 is 10.1 Å². The molecule has 1 aliphatic carbocycles. The summed E-state index contributed by atoms with van der Waals surface area (Å²) in [5.74, 6) is 0. The van der Waals surface area contributed by atoms with E-state index in [1.54, 1.807) is 4.68 Å². The molecule has 0 radical (unpaired) electrons. The normalized spacial score (nSPS) is 22.6. The summed E-state index contributed by atoms with van der Waals surface area (Å²) < 4.78 is 7.69.